The van der Waals surface area contributed by atoms with E-state index in [1.165, 1.54) is 0 Å². The maximum absolute atomic E-state index is 12.5. The molecule has 7 heteroatoms. The first-order chi connectivity index (χ1) is 9.79. The molecule has 2 N–H and O–H groups in total. The number of amides is 1. The lowest BCUT2D eigenvalue weighted by molar-refractivity contribution is -0.139. The molecule has 1 saturated heterocycles. The number of H-pyrrole nitrogens is 1. The van der Waals surface area contributed by atoms with Crippen molar-refractivity contribution in [3.05, 3.63) is 17.5 Å². The Hall–Kier alpha value is -1.89. The second-order valence-corrected chi connectivity index (χ2v) is 6.24. The van der Waals surface area contributed by atoms with Crippen molar-refractivity contribution in [1.29, 1.82) is 0 Å². The van der Waals surface area contributed by atoms with Crippen LogP contribution in [-0.2, 0) is 14.9 Å². The fraction of sp³-hybridized carbons (Fsp3) is 0.643. The van der Waals surface area contributed by atoms with Crippen LogP contribution in [0, 0.1) is 0 Å². The Morgan fingerprint density at radius 2 is 2.24 bits per heavy atom. The Kier molecular flexibility index (Phi) is 4.32. The molecule has 0 aliphatic carbocycles. The number of morpholine rings is 1. The minimum atomic E-state index is -0.944. The topological polar surface area (TPSA) is 95.5 Å². The van der Waals surface area contributed by atoms with Gasteiger partial charge in [0.05, 0.1) is 25.7 Å². The second kappa shape index (κ2) is 5.85. The van der Waals surface area contributed by atoms with E-state index in [9.17, 15) is 9.59 Å². The molecule has 0 saturated carbocycles. The monoisotopic (exact) mass is 295 g/mol. The number of carbonyl (C=O) groups is 2. The normalized spacial score (nSPS) is 19.6. The van der Waals surface area contributed by atoms with Gasteiger partial charge in [0.25, 0.3) is 5.91 Å². The molecule has 1 unspecified atom stereocenters. The van der Waals surface area contributed by atoms with E-state index < -0.39 is 12.0 Å². The number of aliphatic carboxylic acids is 1. The van der Waals surface area contributed by atoms with E-state index in [1.807, 2.05) is 20.8 Å². The SMILES string of the molecule is CC(C)(C)c1cc(C(=O)N2CCOCC2CC(=O)O)n[nH]1. The van der Waals surface area contributed by atoms with Crippen molar-refractivity contribution in [3.63, 3.8) is 0 Å². The summed E-state index contributed by atoms with van der Waals surface area (Å²) >= 11 is 0. The number of aromatic nitrogens is 2. The van der Waals surface area contributed by atoms with Gasteiger partial charge in [-0.05, 0) is 6.07 Å². The molecule has 7 nitrogen and oxygen atoms in total. The molecule has 2 heterocycles. The van der Waals surface area contributed by atoms with Crippen molar-refractivity contribution in [1.82, 2.24) is 15.1 Å². The number of aromatic amines is 1. The maximum Gasteiger partial charge on any atom is 0.305 e. The van der Waals surface area contributed by atoms with Crippen LogP contribution in [0.15, 0.2) is 6.07 Å². The van der Waals surface area contributed by atoms with Gasteiger partial charge in [0.15, 0.2) is 0 Å². The summed E-state index contributed by atoms with van der Waals surface area (Å²) in [5.41, 5.74) is 1.06. The Bertz CT molecular complexity index is 533. The van der Waals surface area contributed by atoms with Crippen LogP contribution < -0.4 is 0 Å². The molecule has 1 amide bonds. The summed E-state index contributed by atoms with van der Waals surface area (Å²) in [6.07, 6.45) is -0.123. The Labute approximate surface area is 123 Å². The molecule has 0 bridgehead atoms. The van der Waals surface area contributed by atoms with Crippen LogP contribution >= 0.6 is 0 Å². The van der Waals surface area contributed by atoms with Gasteiger partial charge in [-0.25, -0.2) is 0 Å². The van der Waals surface area contributed by atoms with Gasteiger partial charge in [-0.1, -0.05) is 20.8 Å². The van der Waals surface area contributed by atoms with Crippen LogP contribution in [0.4, 0.5) is 0 Å². The highest BCUT2D eigenvalue weighted by molar-refractivity contribution is 5.93. The minimum Gasteiger partial charge on any atom is -0.481 e. The zero-order valence-corrected chi connectivity index (χ0v) is 12.5. The van der Waals surface area contributed by atoms with Crippen LogP contribution in [0.1, 0.15) is 43.4 Å². The van der Waals surface area contributed by atoms with Crippen molar-refractivity contribution in [2.45, 2.75) is 38.6 Å². The third-order valence-corrected chi connectivity index (χ3v) is 3.50. The molecule has 1 aromatic rings. The lowest BCUT2D eigenvalue weighted by Crippen LogP contribution is -2.49. The number of carboxylic acids is 1. The zero-order chi connectivity index (χ0) is 15.6. The standard InChI is InChI=1S/C14H21N3O4/c1-14(2,3)11-7-10(15-16-11)13(20)17-4-5-21-8-9(17)6-12(18)19/h7,9H,4-6,8H2,1-3H3,(H,15,16)(H,18,19). The van der Waals surface area contributed by atoms with Crippen molar-refractivity contribution < 1.29 is 19.4 Å². The van der Waals surface area contributed by atoms with Crippen LogP contribution in [-0.4, -0.2) is 57.9 Å². The van der Waals surface area contributed by atoms with Crippen LogP contribution in [0.5, 0.6) is 0 Å². The molecule has 1 aliphatic rings. The fourth-order valence-corrected chi connectivity index (χ4v) is 2.26. The lowest BCUT2D eigenvalue weighted by Gasteiger charge is -2.34. The van der Waals surface area contributed by atoms with Crippen molar-refractivity contribution in [2.24, 2.45) is 0 Å². The molecule has 21 heavy (non-hydrogen) atoms. The summed E-state index contributed by atoms with van der Waals surface area (Å²) in [6, 6.07) is 1.29. The van der Waals surface area contributed by atoms with Crippen LogP contribution in [0.2, 0.25) is 0 Å². The third kappa shape index (κ3) is 3.60. The highest BCUT2D eigenvalue weighted by Gasteiger charge is 2.31. The Morgan fingerprint density at radius 1 is 1.52 bits per heavy atom. The van der Waals surface area contributed by atoms with Gasteiger partial charge in [0, 0.05) is 17.7 Å². The first-order valence-corrected chi connectivity index (χ1v) is 6.95. The molecule has 1 aliphatic heterocycles. The number of nitrogens with one attached hydrogen (secondary N) is 1. The van der Waals surface area contributed by atoms with Crippen molar-refractivity contribution >= 4 is 11.9 Å². The van der Waals surface area contributed by atoms with Gasteiger partial charge in [0.2, 0.25) is 0 Å². The summed E-state index contributed by atoms with van der Waals surface area (Å²) in [5.74, 6) is -1.20. The molecular weight excluding hydrogens is 274 g/mol. The number of carboxylic acid groups (broad SMARTS) is 1. The summed E-state index contributed by atoms with van der Waals surface area (Å²) in [5, 5.41) is 15.9. The van der Waals surface area contributed by atoms with Gasteiger partial charge in [-0.3, -0.25) is 14.7 Å². The largest absolute Gasteiger partial charge is 0.481 e. The predicted octanol–water partition coefficient (Wildman–Crippen LogP) is 1.02. The van der Waals surface area contributed by atoms with Gasteiger partial charge < -0.3 is 14.7 Å². The predicted molar refractivity (Wildman–Crippen MR) is 75.2 cm³/mol. The van der Waals surface area contributed by atoms with E-state index in [4.69, 9.17) is 9.84 Å². The molecule has 2 rings (SSSR count). The second-order valence-electron chi connectivity index (χ2n) is 6.24. The number of carbonyl (C=O) groups excluding carboxylic acids is 1. The zero-order valence-electron chi connectivity index (χ0n) is 12.5. The Balaban J connectivity index is 2.17. The molecule has 0 spiro atoms. The van der Waals surface area contributed by atoms with Gasteiger partial charge in [0.1, 0.15) is 5.69 Å². The molecule has 0 radical (unpaired) electrons. The van der Waals surface area contributed by atoms with E-state index in [0.717, 1.165) is 5.69 Å². The number of rotatable bonds is 3. The number of nitrogens with zero attached hydrogens (tertiary/aromatic N) is 2. The summed E-state index contributed by atoms with van der Waals surface area (Å²) in [4.78, 5) is 25.0. The average Bonchev–Trinajstić information content (AvgIpc) is 2.87. The van der Waals surface area contributed by atoms with E-state index >= 15 is 0 Å². The summed E-state index contributed by atoms with van der Waals surface area (Å²) < 4.78 is 5.27. The van der Waals surface area contributed by atoms with E-state index in [-0.39, 0.29) is 24.3 Å². The first-order valence-electron chi connectivity index (χ1n) is 6.95. The molecule has 1 atom stereocenters. The van der Waals surface area contributed by atoms with Crippen LogP contribution in [0.25, 0.3) is 0 Å². The van der Waals surface area contributed by atoms with Gasteiger partial charge >= 0.3 is 5.97 Å². The molecular formula is C14H21N3O4. The molecule has 0 aromatic carbocycles. The molecule has 116 valence electrons. The quantitative estimate of drug-likeness (QED) is 0.868. The van der Waals surface area contributed by atoms with Crippen molar-refractivity contribution in [2.75, 3.05) is 19.8 Å². The third-order valence-electron chi connectivity index (χ3n) is 3.50. The highest BCUT2D eigenvalue weighted by Crippen LogP contribution is 2.22. The number of ether oxygens (including phenoxy) is 1. The van der Waals surface area contributed by atoms with E-state index in [0.29, 0.717) is 18.8 Å². The summed E-state index contributed by atoms with van der Waals surface area (Å²) in [6.45, 7) is 7.12. The minimum absolute atomic E-state index is 0.123. The number of hydrogen-bond acceptors (Lipinski definition) is 4. The smallest absolute Gasteiger partial charge is 0.305 e. The lowest BCUT2D eigenvalue weighted by atomic mass is 9.92. The Morgan fingerprint density at radius 3 is 2.81 bits per heavy atom. The highest BCUT2D eigenvalue weighted by atomic mass is 16.5. The van der Waals surface area contributed by atoms with E-state index in [1.54, 1.807) is 11.0 Å². The van der Waals surface area contributed by atoms with Crippen molar-refractivity contribution in [3.8, 4) is 0 Å². The van der Waals surface area contributed by atoms with E-state index in [2.05, 4.69) is 10.2 Å². The summed E-state index contributed by atoms with van der Waals surface area (Å²) in [7, 11) is 0. The van der Waals surface area contributed by atoms with Gasteiger partial charge in [-0.2, -0.15) is 5.10 Å². The van der Waals surface area contributed by atoms with Gasteiger partial charge in [-0.15, -0.1) is 0 Å². The average molecular weight is 295 g/mol. The maximum atomic E-state index is 12.5. The molecule has 1 fully saturated rings. The van der Waals surface area contributed by atoms with Crippen LogP contribution in [0.3, 0.4) is 0 Å². The fourth-order valence-electron chi connectivity index (χ4n) is 2.26. The molecule has 1 aromatic heterocycles. The number of hydrogen-bond donors (Lipinski definition) is 2. The first kappa shape index (κ1) is 15.5.